The zero-order valence-electron chi connectivity index (χ0n) is 12.6. The Bertz CT molecular complexity index is 566. The molecule has 1 aromatic carbocycles. The van der Waals surface area contributed by atoms with Gasteiger partial charge in [0.15, 0.2) is 11.5 Å². The average Bonchev–Trinajstić information content (AvgIpc) is 3.04. The summed E-state index contributed by atoms with van der Waals surface area (Å²) in [6.45, 7) is 0.479. The second-order valence-electron chi connectivity index (χ2n) is 4.64. The van der Waals surface area contributed by atoms with Crippen molar-refractivity contribution < 1.29 is 18.6 Å². The number of hydrogen-bond acceptors (Lipinski definition) is 5. The second-order valence-corrected chi connectivity index (χ2v) is 4.64. The maximum absolute atomic E-state index is 5.94. The molecule has 0 aliphatic carbocycles. The van der Waals surface area contributed by atoms with Crippen LogP contribution in [-0.4, -0.2) is 27.9 Å². The van der Waals surface area contributed by atoms with E-state index in [2.05, 4.69) is 0 Å². The van der Waals surface area contributed by atoms with Crippen LogP contribution >= 0.6 is 0 Å². The Hall–Kier alpha value is -2.14. The highest BCUT2D eigenvalue weighted by atomic mass is 16.5. The molecule has 0 aliphatic heterocycles. The van der Waals surface area contributed by atoms with E-state index in [0.717, 1.165) is 11.3 Å². The third kappa shape index (κ3) is 3.13. The van der Waals surface area contributed by atoms with Crippen molar-refractivity contribution in [2.45, 2.75) is 12.3 Å². The number of ether oxygens (including phenoxy) is 3. The van der Waals surface area contributed by atoms with E-state index < -0.39 is 0 Å². The van der Waals surface area contributed by atoms with Crippen LogP contribution in [-0.2, 0) is 6.42 Å². The molecule has 0 saturated heterocycles. The van der Waals surface area contributed by atoms with Gasteiger partial charge in [-0.3, -0.25) is 0 Å². The maximum Gasteiger partial charge on any atom is 0.203 e. The number of rotatable bonds is 7. The van der Waals surface area contributed by atoms with Gasteiger partial charge >= 0.3 is 0 Å². The van der Waals surface area contributed by atoms with Crippen molar-refractivity contribution in [3.05, 3.63) is 41.9 Å². The van der Waals surface area contributed by atoms with Crippen LogP contribution in [0.1, 0.15) is 17.2 Å². The molecule has 0 amide bonds. The Balaban J connectivity index is 2.40. The molecule has 0 radical (unpaired) electrons. The summed E-state index contributed by atoms with van der Waals surface area (Å²) >= 11 is 0. The molecule has 2 rings (SSSR count). The molecule has 114 valence electrons. The fourth-order valence-corrected chi connectivity index (χ4v) is 2.44. The van der Waals surface area contributed by atoms with Crippen LogP contribution in [0.2, 0.25) is 0 Å². The lowest BCUT2D eigenvalue weighted by Gasteiger charge is -2.20. The molecule has 1 aromatic heterocycles. The van der Waals surface area contributed by atoms with Gasteiger partial charge < -0.3 is 24.4 Å². The van der Waals surface area contributed by atoms with E-state index in [4.69, 9.17) is 24.4 Å². The van der Waals surface area contributed by atoms with E-state index in [1.165, 1.54) is 0 Å². The lowest BCUT2D eigenvalue weighted by atomic mass is 9.93. The Labute approximate surface area is 124 Å². The standard InChI is InChI=1S/C16H21NO4/c1-18-14-7-6-13(15(19-2)16(14)20-3)11(10-17)9-12-5-4-8-21-12/h4-8,11H,9-10,17H2,1-3H3. The summed E-state index contributed by atoms with van der Waals surface area (Å²) in [6, 6.07) is 7.63. The summed E-state index contributed by atoms with van der Waals surface area (Å²) in [7, 11) is 4.80. The van der Waals surface area contributed by atoms with E-state index in [0.29, 0.717) is 30.2 Å². The number of hydrogen-bond donors (Lipinski definition) is 1. The predicted molar refractivity (Wildman–Crippen MR) is 80.3 cm³/mol. The van der Waals surface area contributed by atoms with Crippen molar-refractivity contribution in [2.75, 3.05) is 27.9 Å². The first-order valence-electron chi connectivity index (χ1n) is 6.76. The molecule has 2 N–H and O–H groups in total. The largest absolute Gasteiger partial charge is 0.493 e. The zero-order valence-corrected chi connectivity index (χ0v) is 12.6. The van der Waals surface area contributed by atoms with Gasteiger partial charge in [0.25, 0.3) is 0 Å². The van der Waals surface area contributed by atoms with E-state index in [1.54, 1.807) is 27.6 Å². The topological polar surface area (TPSA) is 66.9 Å². The lowest BCUT2D eigenvalue weighted by Crippen LogP contribution is -2.16. The average molecular weight is 291 g/mol. The van der Waals surface area contributed by atoms with Crippen molar-refractivity contribution in [1.29, 1.82) is 0 Å². The molecular formula is C16H21NO4. The van der Waals surface area contributed by atoms with Gasteiger partial charge in [-0.15, -0.1) is 0 Å². The van der Waals surface area contributed by atoms with Gasteiger partial charge in [0.2, 0.25) is 5.75 Å². The summed E-state index contributed by atoms with van der Waals surface area (Å²) in [5, 5.41) is 0. The molecule has 0 aliphatic rings. The molecule has 0 bridgehead atoms. The Morgan fingerprint density at radius 3 is 2.33 bits per heavy atom. The first kappa shape index (κ1) is 15.3. The predicted octanol–water partition coefficient (Wildman–Crippen LogP) is 2.59. The minimum atomic E-state index is 0.0749. The minimum Gasteiger partial charge on any atom is -0.493 e. The molecule has 0 fully saturated rings. The normalized spacial score (nSPS) is 12.0. The lowest BCUT2D eigenvalue weighted by molar-refractivity contribution is 0.320. The van der Waals surface area contributed by atoms with Crippen molar-refractivity contribution >= 4 is 0 Å². The van der Waals surface area contributed by atoms with Gasteiger partial charge in [-0.05, 0) is 24.7 Å². The summed E-state index contributed by atoms with van der Waals surface area (Å²) < 4.78 is 21.6. The fourth-order valence-electron chi connectivity index (χ4n) is 2.44. The highest BCUT2D eigenvalue weighted by molar-refractivity contribution is 5.57. The molecule has 2 aromatic rings. The van der Waals surface area contributed by atoms with Gasteiger partial charge in [-0.25, -0.2) is 0 Å². The van der Waals surface area contributed by atoms with Crippen molar-refractivity contribution in [3.63, 3.8) is 0 Å². The quantitative estimate of drug-likeness (QED) is 0.849. The van der Waals surface area contributed by atoms with Crippen LogP contribution in [0.5, 0.6) is 17.2 Å². The summed E-state index contributed by atoms with van der Waals surface area (Å²) in [4.78, 5) is 0. The fraction of sp³-hybridized carbons (Fsp3) is 0.375. The Morgan fingerprint density at radius 2 is 1.81 bits per heavy atom. The van der Waals surface area contributed by atoms with Crippen LogP contribution in [0, 0.1) is 0 Å². The molecule has 0 spiro atoms. The number of furan rings is 1. The minimum absolute atomic E-state index is 0.0749. The first-order valence-corrected chi connectivity index (χ1v) is 6.76. The Morgan fingerprint density at radius 1 is 1.05 bits per heavy atom. The molecule has 1 heterocycles. The highest BCUT2D eigenvalue weighted by Crippen LogP contribution is 2.43. The zero-order chi connectivity index (χ0) is 15.2. The van der Waals surface area contributed by atoms with E-state index in [9.17, 15) is 0 Å². The third-order valence-electron chi connectivity index (χ3n) is 3.49. The van der Waals surface area contributed by atoms with Crippen LogP contribution in [0.25, 0.3) is 0 Å². The monoisotopic (exact) mass is 291 g/mol. The van der Waals surface area contributed by atoms with E-state index in [1.807, 2.05) is 24.3 Å². The van der Waals surface area contributed by atoms with Gasteiger partial charge in [-0.1, -0.05) is 6.07 Å². The van der Waals surface area contributed by atoms with Crippen molar-refractivity contribution in [1.82, 2.24) is 0 Å². The van der Waals surface area contributed by atoms with E-state index >= 15 is 0 Å². The SMILES string of the molecule is COc1ccc(C(CN)Cc2ccco2)c(OC)c1OC. The van der Waals surface area contributed by atoms with Crippen LogP contribution in [0.15, 0.2) is 34.9 Å². The van der Waals surface area contributed by atoms with Crippen LogP contribution < -0.4 is 19.9 Å². The molecule has 1 unspecified atom stereocenters. The van der Waals surface area contributed by atoms with E-state index in [-0.39, 0.29) is 5.92 Å². The van der Waals surface area contributed by atoms with Crippen molar-refractivity contribution in [3.8, 4) is 17.2 Å². The van der Waals surface area contributed by atoms with Gasteiger partial charge in [0.05, 0.1) is 27.6 Å². The summed E-state index contributed by atoms with van der Waals surface area (Å²) in [5.74, 6) is 2.83. The third-order valence-corrected chi connectivity index (χ3v) is 3.49. The van der Waals surface area contributed by atoms with Crippen molar-refractivity contribution in [2.24, 2.45) is 5.73 Å². The molecule has 1 atom stereocenters. The Kier molecular flexibility index (Phi) is 5.11. The van der Waals surface area contributed by atoms with Crippen LogP contribution in [0.4, 0.5) is 0 Å². The number of nitrogens with two attached hydrogens (primary N) is 1. The molecule has 0 saturated carbocycles. The van der Waals surface area contributed by atoms with Gasteiger partial charge in [-0.2, -0.15) is 0 Å². The van der Waals surface area contributed by atoms with Gasteiger partial charge in [0.1, 0.15) is 5.76 Å². The smallest absolute Gasteiger partial charge is 0.203 e. The molecule has 21 heavy (non-hydrogen) atoms. The second kappa shape index (κ2) is 7.04. The molecular weight excluding hydrogens is 270 g/mol. The molecule has 5 heteroatoms. The number of methoxy groups -OCH3 is 3. The highest BCUT2D eigenvalue weighted by Gasteiger charge is 2.22. The first-order chi connectivity index (χ1) is 10.2. The van der Waals surface area contributed by atoms with Crippen LogP contribution in [0.3, 0.4) is 0 Å². The maximum atomic E-state index is 5.94. The summed E-state index contributed by atoms with van der Waals surface area (Å²) in [5.41, 5.74) is 6.92. The summed E-state index contributed by atoms with van der Waals surface area (Å²) in [6.07, 6.45) is 2.37. The van der Waals surface area contributed by atoms with Gasteiger partial charge in [0, 0.05) is 17.9 Å². The molecule has 5 nitrogen and oxygen atoms in total. The number of benzene rings is 1.